The number of aldehydes is 1. The Hall–Kier alpha value is -2.13. The van der Waals surface area contributed by atoms with Gasteiger partial charge in [-0.3, -0.25) is 4.79 Å². The first-order valence-electron chi connectivity index (χ1n) is 6.03. The topological polar surface area (TPSA) is 35.5 Å². The Kier molecular flexibility index (Phi) is 4.31. The monoisotopic (exact) mass is 256 g/mol. The van der Waals surface area contributed by atoms with E-state index in [2.05, 4.69) is 0 Å². The third-order valence-corrected chi connectivity index (χ3v) is 2.84. The molecule has 2 rings (SSSR count). The van der Waals surface area contributed by atoms with E-state index >= 15 is 0 Å². The summed E-state index contributed by atoms with van der Waals surface area (Å²) in [6.45, 7) is 2.14. The van der Waals surface area contributed by atoms with Gasteiger partial charge in [0.05, 0.1) is 0 Å². The molecule has 0 spiro atoms. The van der Waals surface area contributed by atoms with Crippen LogP contribution in [0.4, 0.5) is 0 Å². The number of para-hydroxylation sites is 1. The zero-order valence-corrected chi connectivity index (χ0v) is 11.1. The molecule has 0 aliphatic heterocycles. The summed E-state index contributed by atoms with van der Waals surface area (Å²) in [7, 11) is 1.57. The van der Waals surface area contributed by atoms with Crippen molar-refractivity contribution in [3.8, 4) is 16.9 Å². The van der Waals surface area contributed by atoms with Crippen LogP contribution in [0.25, 0.3) is 11.1 Å². The average molecular weight is 256 g/mol. The minimum absolute atomic E-state index is 0.180. The molecular formula is C16H16O3. The molecule has 0 aliphatic rings. The Morgan fingerprint density at radius 1 is 1.11 bits per heavy atom. The molecule has 19 heavy (non-hydrogen) atoms. The highest BCUT2D eigenvalue weighted by atomic mass is 16.7. The van der Waals surface area contributed by atoms with Crippen LogP contribution in [0.2, 0.25) is 0 Å². The number of carbonyl (C=O) groups excluding carboxylic acids is 1. The minimum Gasteiger partial charge on any atom is -0.467 e. The SMILES string of the molecule is COCOc1ccccc1-c1ccc(C)cc1C=O. The molecule has 0 heterocycles. The van der Waals surface area contributed by atoms with Crippen molar-refractivity contribution in [2.24, 2.45) is 0 Å². The van der Waals surface area contributed by atoms with Gasteiger partial charge < -0.3 is 9.47 Å². The largest absolute Gasteiger partial charge is 0.467 e. The molecule has 0 N–H and O–H groups in total. The number of carbonyl (C=O) groups is 1. The van der Waals surface area contributed by atoms with E-state index in [4.69, 9.17) is 9.47 Å². The molecule has 0 unspecified atom stereocenters. The molecule has 0 saturated heterocycles. The fraction of sp³-hybridized carbons (Fsp3) is 0.188. The van der Waals surface area contributed by atoms with Crippen molar-refractivity contribution in [3.63, 3.8) is 0 Å². The molecule has 0 saturated carbocycles. The maximum Gasteiger partial charge on any atom is 0.188 e. The molecule has 0 amide bonds. The fourth-order valence-corrected chi connectivity index (χ4v) is 1.96. The van der Waals surface area contributed by atoms with Crippen LogP contribution in [0.3, 0.4) is 0 Å². The third kappa shape index (κ3) is 3.01. The summed E-state index contributed by atoms with van der Waals surface area (Å²) in [5.74, 6) is 0.705. The van der Waals surface area contributed by atoms with Gasteiger partial charge in [0.1, 0.15) is 5.75 Å². The standard InChI is InChI=1S/C16H16O3/c1-12-7-8-14(13(9-12)10-17)15-5-3-4-6-16(15)19-11-18-2/h3-10H,11H2,1-2H3. The lowest BCUT2D eigenvalue weighted by molar-refractivity contribution is 0.0515. The summed E-state index contributed by atoms with van der Waals surface area (Å²) >= 11 is 0. The second-order valence-corrected chi connectivity index (χ2v) is 4.26. The van der Waals surface area contributed by atoms with Crippen molar-refractivity contribution in [1.29, 1.82) is 0 Å². The molecule has 3 heteroatoms. The van der Waals surface area contributed by atoms with Gasteiger partial charge in [-0.2, -0.15) is 0 Å². The van der Waals surface area contributed by atoms with Crippen molar-refractivity contribution in [2.45, 2.75) is 6.92 Å². The number of aryl methyl sites for hydroxylation is 1. The number of ether oxygens (including phenoxy) is 2. The Balaban J connectivity index is 2.49. The highest BCUT2D eigenvalue weighted by Gasteiger charge is 2.10. The van der Waals surface area contributed by atoms with E-state index in [0.717, 1.165) is 23.0 Å². The molecule has 0 radical (unpaired) electrons. The lowest BCUT2D eigenvalue weighted by Crippen LogP contribution is -2.00. The van der Waals surface area contributed by atoms with E-state index in [1.54, 1.807) is 7.11 Å². The highest BCUT2D eigenvalue weighted by Crippen LogP contribution is 2.32. The second kappa shape index (κ2) is 6.16. The molecule has 0 bridgehead atoms. The highest BCUT2D eigenvalue weighted by molar-refractivity contribution is 5.89. The Morgan fingerprint density at radius 3 is 2.63 bits per heavy atom. The van der Waals surface area contributed by atoms with Crippen molar-refractivity contribution in [1.82, 2.24) is 0 Å². The van der Waals surface area contributed by atoms with Gasteiger partial charge in [0.25, 0.3) is 0 Å². The molecule has 0 fully saturated rings. The van der Waals surface area contributed by atoms with E-state index < -0.39 is 0 Å². The van der Waals surface area contributed by atoms with Gasteiger partial charge in [-0.25, -0.2) is 0 Å². The zero-order valence-electron chi connectivity index (χ0n) is 11.1. The predicted octanol–water partition coefficient (Wildman–Crippen LogP) is 3.46. The van der Waals surface area contributed by atoms with Crippen molar-refractivity contribution < 1.29 is 14.3 Å². The molecule has 0 atom stereocenters. The maximum absolute atomic E-state index is 11.2. The molecule has 0 aliphatic carbocycles. The number of hydrogen-bond donors (Lipinski definition) is 0. The van der Waals surface area contributed by atoms with Gasteiger partial charge in [-0.05, 0) is 24.6 Å². The first kappa shape index (κ1) is 13.3. The fourth-order valence-electron chi connectivity index (χ4n) is 1.96. The van der Waals surface area contributed by atoms with Crippen LogP contribution >= 0.6 is 0 Å². The molecule has 2 aromatic rings. The predicted molar refractivity (Wildman–Crippen MR) is 74.5 cm³/mol. The van der Waals surface area contributed by atoms with Crippen LogP contribution in [0.5, 0.6) is 5.75 Å². The normalized spacial score (nSPS) is 10.2. The summed E-state index contributed by atoms with van der Waals surface area (Å²) in [6.07, 6.45) is 0.870. The van der Waals surface area contributed by atoms with Gasteiger partial charge in [0.15, 0.2) is 13.1 Å². The van der Waals surface area contributed by atoms with Crippen molar-refractivity contribution in [2.75, 3.05) is 13.9 Å². The number of rotatable bonds is 5. The average Bonchev–Trinajstić information content (AvgIpc) is 2.45. The second-order valence-electron chi connectivity index (χ2n) is 4.26. The lowest BCUT2D eigenvalue weighted by Gasteiger charge is -2.12. The first-order valence-corrected chi connectivity index (χ1v) is 6.03. The molecule has 98 valence electrons. The van der Waals surface area contributed by atoms with Crippen LogP contribution in [-0.2, 0) is 4.74 Å². The van der Waals surface area contributed by atoms with Gasteiger partial charge >= 0.3 is 0 Å². The van der Waals surface area contributed by atoms with Gasteiger partial charge in [-0.1, -0.05) is 35.9 Å². The molecule has 0 aromatic heterocycles. The summed E-state index contributed by atoms with van der Waals surface area (Å²) in [5, 5.41) is 0. The van der Waals surface area contributed by atoms with Crippen LogP contribution < -0.4 is 4.74 Å². The van der Waals surface area contributed by atoms with Gasteiger partial charge in [0.2, 0.25) is 0 Å². The Morgan fingerprint density at radius 2 is 1.89 bits per heavy atom. The van der Waals surface area contributed by atoms with Crippen LogP contribution in [0.15, 0.2) is 42.5 Å². The quantitative estimate of drug-likeness (QED) is 0.607. The number of methoxy groups -OCH3 is 1. The van der Waals surface area contributed by atoms with E-state index in [1.165, 1.54) is 0 Å². The van der Waals surface area contributed by atoms with Crippen molar-refractivity contribution in [3.05, 3.63) is 53.6 Å². The van der Waals surface area contributed by atoms with Crippen LogP contribution in [0, 0.1) is 6.92 Å². The van der Waals surface area contributed by atoms with E-state index in [0.29, 0.717) is 11.3 Å². The first-order chi connectivity index (χ1) is 9.26. The summed E-state index contributed by atoms with van der Waals surface area (Å²) in [5.41, 5.74) is 3.48. The molecular weight excluding hydrogens is 240 g/mol. The summed E-state index contributed by atoms with van der Waals surface area (Å²) in [4.78, 5) is 11.2. The number of hydrogen-bond acceptors (Lipinski definition) is 3. The third-order valence-electron chi connectivity index (χ3n) is 2.84. The smallest absolute Gasteiger partial charge is 0.188 e. The van der Waals surface area contributed by atoms with E-state index in [-0.39, 0.29) is 6.79 Å². The maximum atomic E-state index is 11.2. The van der Waals surface area contributed by atoms with Crippen molar-refractivity contribution >= 4 is 6.29 Å². The minimum atomic E-state index is 0.180. The van der Waals surface area contributed by atoms with Gasteiger partial charge in [0, 0.05) is 18.2 Å². The van der Waals surface area contributed by atoms with Gasteiger partial charge in [-0.15, -0.1) is 0 Å². The Labute approximate surface area is 112 Å². The van der Waals surface area contributed by atoms with E-state index in [9.17, 15) is 4.79 Å². The van der Waals surface area contributed by atoms with Crippen LogP contribution in [-0.4, -0.2) is 20.2 Å². The summed E-state index contributed by atoms with van der Waals surface area (Å²) < 4.78 is 10.5. The summed E-state index contributed by atoms with van der Waals surface area (Å²) in [6, 6.07) is 13.4. The Bertz CT molecular complexity index is 576. The lowest BCUT2D eigenvalue weighted by atomic mass is 9.98. The number of benzene rings is 2. The van der Waals surface area contributed by atoms with E-state index in [1.807, 2.05) is 49.4 Å². The molecule has 2 aromatic carbocycles. The molecule has 3 nitrogen and oxygen atoms in total. The zero-order chi connectivity index (χ0) is 13.7. The van der Waals surface area contributed by atoms with Crippen LogP contribution in [0.1, 0.15) is 15.9 Å².